The Labute approximate surface area is 118 Å². The van der Waals surface area contributed by atoms with Crippen molar-refractivity contribution >= 4 is 17.7 Å². The number of β-lactam (4-membered cyclic amide) rings is 1. The van der Waals surface area contributed by atoms with E-state index in [1.165, 1.54) is 0 Å². The van der Waals surface area contributed by atoms with E-state index in [4.69, 9.17) is 5.73 Å². The molecule has 2 aromatic rings. The Morgan fingerprint density at radius 2 is 1.55 bits per heavy atom. The lowest BCUT2D eigenvalue weighted by atomic mass is 9.93. The second-order valence-corrected chi connectivity index (χ2v) is 4.83. The molecule has 1 amide bonds. The summed E-state index contributed by atoms with van der Waals surface area (Å²) in [6, 6.07) is 19.1. The van der Waals surface area contributed by atoms with Crippen molar-refractivity contribution in [2.24, 2.45) is 5.73 Å². The summed E-state index contributed by atoms with van der Waals surface area (Å²) in [5.74, 6) is -0.0288. The van der Waals surface area contributed by atoms with E-state index in [2.05, 4.69) is 0 Å². The third-order valence-corrected chi connectivity index (χ3v) is 3.51. The Kier molecular flexibility index (Phi) is 3.35. The molecule has 3 rings (SSSR count). The Hall–Kier alpha value is -2.39. The highest BCUT2D eigenvalue weighted by atomic mass is 16.2. The Morgan fingerprint density at radius 1 is 0.950 bits per heavy atom. The lowest BCUT2D eigenvalue weighted by Gasteiger charge is -2.43. The van der Waals surface area contributed by atoms with Gasteiger partial charge < -0.3 is 10.6 Å². The lowest BCUT2D eigenvalue weighted by Crippen LogP contribution is -2.68. The Balaban J connectivity index is 1.82. The summed E-state index contributed by atoms with van der Waals surface area (Å²) in [5, 5.41) is 0. The van der Waals surface area contributed by atoms with Gasteiger partial charge in [0.2, 0.25) is 5.91 Å². The van der Waals surface area contributed by atoms with Gasteiger partial charge in [-0.25, -0.2) is 0 Å². The standard InChI is InChI=1S/C17H16N2O/c18-16-15(12-11-13-7-3-1-4-8-13)19(17(16)20)14-9-5-2-6-10-14/h1-12,15-16H,18H2/b12-11+/t15-,16+/m0/s1. The summed E-state index contributed by atoms with van der Waals surface area (Å²) in [6.07, 6.45) is 4.00. The molecule has 0 saturated carbocycles. The number of para-hydroxylation sites is 1. The van der Waals surface area contributed by atoms with E-state index >= 15 is 0 Å². The zero-order valence-corrected chi connectivity index (χ0v) is 11.0. The molecular weight excluding hydrogens is 248 g/mol. The summed E-state index contributed by atoms with van der Waals surface area (Å²) < 4.78 is 0. The fourth-order valence-corrected chi connectivity index (χ4v) is 2.40. The number of amides is 1. The van der Waals surface area contributed by atoms with Crippen molar-refractivity contribution in [3.63, 3.8) is 0 Å². The first-order valence-corrected chi connectivity index (χ1v) is 6.64. The molecule has 0 aliphatic carbocycles. The number of anilines is 1. The number of hydrogen-bond acceptors (Lipinski definition) is 2. The van der Waals surface area contributed by atoms with Crippen molar-refractivity contribution in [1.29, 1.82) is 0 Å². The molecule has 0 bridgehead atoms. The molecule has 1 heterocycles. The van der Waals surface area contributed by atoms with Gasteiger partial charge in [0.1, 0.15) is 6.04 Å². The number of carbonyl (C=O) groups excluding carboxylic acids is 1. The first kappa shape index (κ1) is 12.6. The molecule has 100 valence electrons. The fraction of sp³-hybridized carbons (Fsp3) is 0.118. The Bertz CT molecular complexity index is 622. The van der Waals surface area contributed by atoms with Gasteiger partial charge in [-0.05, 0) is 17.7 Å². The van der Waals surface area contributed by atoms with Crippen LogP contribution in [0.1, 0.15) is 5.56 Å². The summed E-state index contributed by atoms with van der Waals surface area (Å²) in [6.45, 7) is 0. The van der Waals surface area contributed by atoms with Gasteiger partial charge >= 0.3 is 0 Å². The van der Waals surface area contributed by atoms with Crippen molar-refractivity contribution in [3.8, 4) is 0 Å². The van der Waals surface area contributed by atoms with E-state index in [0.29, 0.717) is 0 Å². The molecule has 1 aliphatic heterocycles. The van der Waals surface area contributed by atoms with Crippen molar-refractivity contribution in [2.75, 3.05) is 4.90 Å². The molecule has 20 heavy (non-hydrogen) atoms. The quantitative estimate of drug-likeness (QED) is 0.865. The van der Waals surface area contributed by atoms with E-state index in [1.54, 1.807) is 4.90 Å². The molecule has 0 spiro atoms. The third-order valence-electron chi connectivity index (χ3n) is 3.51. The van der Waals surface area contributed by atoms with E-state index in [0.717, 1.165) is 11.3 Å². The number of carbonyl (C=O) groups is 1. The van der Waals surface area contributed by atoms with Crippen LogP contribution >= 0.6 is 0 Å². The largest absolute Gasteiger partial charge is 0.318 e. The van der Waals surface area contributed by atoms with Gasteiger partial charge in [-0.2, -0.15) is 0 Å². The second kappa shape index (κ2) is 5.31. The molecule has 1 fully saturated rings. The van der Waals surface area contributed by atoms with Crippen LogP contribution in [-0.2, 0) is 4.79 Å². The Morgan fingerprint density at radius 3 is 2.20 bits per heavy atom. The van der Waals surface area contributed by atoms with Gasteiger partial charge in [-0.3, -0.25) is 4.79 Å². The molecule has 2 N–H and O–H groups in total. The minimum atomic E-state index is -0.449. The monoisotopic (exact) mass is 264 g/mol. The van der Waals surface area contributed by atoms with Gasteiger partial charge in [0.15, 0.2) is 0 Å². The number of rotatable bonds is 3. The molecule has 0 aromatic heterocycles. The minimum Gasteiger partial charge on any atom is -0.318 e. The van der Waals surface area contributed by atoms with Gasteiger partial charge in [-0.15, -0.1) is 0 Å². The van der Waals surface area contributed by atoms with Crippen LogP contribution in [0.25, 0.3) is 6.08 Å². The van der Waals surface area contributed by atoms with Crippen molar-refractivity contribution < 1.29 is 4.79 Å². The molecule has 2 atom stereocenters. The van der Waals surface area contributed by atoms with Crippen LogP contribution in [-0.4, -0.2) is 18.0 Å². The van der Waals surface area contributed by atoms with Crippen LogP contribution in [0.5, 0.6) is 0 Å². The van der Waals surface area contributed by atoms with Gasteiger partial charge in [0.05, 0.1) is 6.04 Å². The van der Waals surface area contributed by atoms with E-state index < -0.39 is 6.04 Å². The van der Waals surface area contributed by atoms with Gasteiger partial charge in [-0.1, -0.05) is 60.7 Å². The van der Waals surface area contributed by atoms with Crippen LogP contribution in [0.3, 0.4) is 0 Å². The van der Waals surface area contributed by atoms with Crippen molar-refractivity contribution in [3.05, 3.63) is 72.3 Å². The summed E-state index contributed by atoms with van der Waals surface area (Å²) in [7, 11) is 0. The van der Waals surface area contributed by atoms with E-state index in [9.17, 15) is 4.79 Å². The molecule has 0 radical (unpaired) electrons. The molecule has 3 nitrogen and oxygen atoms in total. The number of nitrogens with zero attached hydrogens (tertiary/aromatic N) is 1. The van der Waals surface area contributed by atoms with Crippen LogP contribution < -0.4 is 10.6 Å². The zero-order valence-electron chi connectivity index (χ0n) is 11.0. The average Bonchev–Trinajstić information content (AvgIpc) is 2.52. The second-order valence-electron chi connectivity index (χ2n) is 4.83. The summed E-state index contributed by atoms with van der Waals surface area (Å²) >= 11 is 0. The number of benzene rings is 2. The molecular formula is C17H16N2O. The SMILES string of the molecule is N[C@H]1C(=O)N(c2ccccc2)[C@H]1/C=C/c1ccccc1. The smallest absolute Gasteiger partial charge is 0.247 e. The normalized spacial score (nSPS) is 22.1. The number of hydrogen-bond donors (Lipinski definition) is 1. The maximum Gasteiger partial charge on any atom is 0.247 e. The molecule has 1 saturated heterocycles. The van der Waals surface area contributed by atoms with Gasteiger partial charge in [0.25, 0.3) is 0 Å². The maximum absolute atomic E-state index is 12.0. The molecule has 3 heteroatoms. The first-order chi connectivity index (χ1) is 9.77. The first-order valence-electron chi connectivity index (χ1n) is 6.64. The lowest BCUT2D eigenvalue weighted by molar-refractivity contribution is -0.125. The highest BCUT2D eigenvalue weighted by Crippen LogP contribution is 2.28. The summed E-state index contributed by atoms with van der Waals surface area (Å²) in [4.78, 5) is 13.7. The number of nitrogens with two attached hydrogens (primary N) is 1. The average molecular weight is 264 g/mol. The highest BCUT2D eigenvalue weighted by Gasteiger charge is 2.43. The predicted molar refractivity (Wildman–Crippen MR) is 81.2 cm³/mol. The van der Waals surface area contributed by atoms with Crippen LogP contribution in [0, 0.1) is 0 Å². The summed E-state index contributed by atoms with van der Waals surface area (Å²) in [5.41, 5.74) is 7.91. The molecule has 1 aliphatic rings. The minimum absolute atomic E-state index is 0.0288. The van der Waals surface area contributed by atoms with Crippen molar-refractivity contribution in [2.45, 2.75) is 12.1 Å². The van der Waals surface area contributed by atoms with E-state index in [1.807, 2.05) is 72.8 Å². The highest BCUT2D eigenvalue weighted by molar-refractivity contribution is 6.06. The third kappa shape index (κ3) is 2.24. The van der Waals surface area contributed by atoms with Gasteiger partial charge in [0, 0.05) is 5.69 Å². The van der Waals surface area contributed by atoms with Crippen LogP contribution in [0.2, 0.25) is 0 Å². The zero-order chi connectivity index (χ0) is 13.9. The molecule has 2 aromatic carbocycles. The van der Waals surface area contributed by atoms with Crippen molar-refractivity contribution in [1.82, 2.24) is 0 Å². The van der Waals surface area contributed by atoms with E-state index in [-0.39, 0.29) is 11.9 Å². The van der Waals surface area contributed by atoms with Crippen LogP contribution in [0.4, 0.5) is 5.69 Å². The van der Waals surface area contributed by atoms with Crippen LogP contribution in [0.15, 0.2) is 66.7 Å². The fourth-order valence-electron chi connectivity index (χ4n) is 2.40. The maximum atomic E-state index is 12.0. The topological polar surface area (TPSA) is 46.3 Å². The predicted octanol–water partition coefficient (Wildman–Crippen LogP) is 2.44. The molecule has 0 unspecified atom stereocenters.